The molecule has 0 spiro atoms. The molecule has 0 radical (unpaired) electrons. The van der Waals surface area contributed by atoms with Crippen LogP contribution in [0.4, 0.5) is 0 Å². The molecule has 2 N–H and O–H groups in total. The SMILES string of the molecule is COCC(C)n1c(-c2cc(C)c(=O)n(C)c2)nc2ccc(CNC(C(=O)OC(C)C)C(C)O)cc21. The van der Waals surface area contributed by atoms with Crippen molar-refractivity contribution in [3.8, 4) is 11.4 Å². The Bertz CT molecular complexity index is 1220. The van der Waals surface area contributed by atoms with E-state index in [0.29, 0.717) is 18.7 Å². The van der Waals surface area contributed by atoms with Crippen LogP contribution in [0.15, 0.2) is 35.3 Å². The molecule has 0 fully saturated rings. The zero-order chi connectivity index (χ0) is 25.9. The molecule has 9 nitrogen and oxygen atoms in total. The first-order valence-electron chi connectivity index (χ1n) is 11.8. The lowest BCUT2D eigenvalue weighted by atomic mass is 10.1. The topological polar surface area (TPSA) is 108 Å². The van der Waals surface area contributed by atoms with E-state index in [1.54, 1.807) is 52.6 Å². The monoisotopic (exact) mass is 484 g/mol. The van der Waals surface area contributed by atoms with Gasteiger partial charge >= 0.3 is 5.97 Å². The molecular weight excluding hydrogens is 448 g/mol. The zero-order valence-electron chi connectivity index (χ0n) is 21.5. The fourth-order valence-corrected chi connectivity index (χ4v) is 4.20. The number of rotatable bonds is 10. The second-order valence-electron chi connectivity index (χ2n) is 9.35. The fraction of sp³-hybridized carbons (Fsp3) is 0.500. The number of pyridine rings is 1. The molecule has 3 unspecified atom stereocenters. The molecule has 0 aliphatic rings. The third-order valence-electron chi connectivity index (χ3n) is 5.84. The quantitative estimate of drug-likeness (QED) is 0.426. The Hall–Kier alpha value is -3.01. The van der Waals surface area contributed by atoms with E-state index in [4.69, 9.17) is 14.5 Å². The van der Waals surface area contributed by atoms with Crippen LogP contribution in [-0.2, 0) is 27.9 Å². The molecule has 0 saturated carbocycles. The molecule has 2 heterocycles. The van der Waals surface area contributed by atoms with Crippen LogP contribution in [0.3, 0.4) is 0 Å². The van der Waals surface area contributed by atoms with Crippen molar-refractivity contribution in [1.29, 1.82) is 0 Å². The minimum atomic E-state index is -0.906. The van der Waals surface area contributed by atoms with E-state index in [1.165, 1.54) is 0 Å². The van der Waals surface area contributed by atoms with Gasteiger partial charge in [0.05, 0.1) is 35.9 Å². The first kappa shape index (κ1) is 26.6. The number of aryl methyl sites for hydroxylation is 2. The number of imidazole rings is 1. The van der Waals surface area contributed by atoms with Gasteiger partial charge in [0, 0.05) is 38.0 Å². The van der Waals surface area contributed by atoms with Crippen LogP contribution in [-0.4, -0.2) is 57.2 Å². The van der Waals surface area contributed by atoms with Crippen LogP contribution in [0.1, 0.15) is 44.9 Å². The number of nitrogens with zero attached hydrogens (tertiary/aromatic N) is 3. The number of aliphatic hydroxyl groups is 1. The van der Waals surface area contributed by atoms with E-state index < -0.39 is 18.1 Å². The van der Waals surface area contributed by atoms with Crippen molar-refractivity contribution in [2.45, 2.75) is 65.5 Å². The number of benzene rings is 1. The van der Waals surface area contributed by atoms with E-state index in [1.807, 2.05) is 24.3 Å². The molecule has 3 rings (SSSR count). The minimum Gasteiger partial charge on any atom is -0.462 e. The van der Waals surface area contributed by atoms with Crippen molar-refractivity contribution in [1.82, 2.24) is 19.4 Å². The second-order valence-corrected chi connectivity index (χ2v) is 9.35. The number of fused-ring (bicyclic) bond motifs is 1. The van der Waals surface area contributed by atoms with E-state index >= 15 is 0 Å². The van der Waals surface area contributed by atoms with Gasteiger partial charge in [-0.1, -0.05) is 6.07 Å². The molecule has 3 atom stereocenters. The number of aromatic nitrogens is 3. The van der Waals surface area contributed by atoms with Gasteiger partial charge in [0.15, 0.2) is 0 Å². The van der Waals surface area contributed by atoms with E-state index in [9.17, 15) is 14.7 Å². The van der Waals surface area contributed by atoms with Gasteiger partial charge in [0.2, 0.25) is 0 Å². The number of hydrogen-bond acceptors (Lipinski definition) is 7. The van der Waals surface area contributed by atoms with Crippen molar-refractivity contribution in [2.75, 3.05) is 13.7 Å². The third kappa shape index (κ3) is 5.98. The normalized spacial score (nSPS) is 14.3. The summed E-state index contributed by atoms with van der Waals surface area (Å²) < 4.78 is 14.4. The molecule has 3 aromatic rings. The number of carbonyl (C=O) groups is 1. The summed E-state index contributed by atoms with van der Waals surface area (Å²) in [6.45, 7) is 9.80. The average molecular weight is 485 g/mol. The van der Waals surface area contributed by atoms with E-state index in [0.717, 1.165) is 28.0 Å². The molecule has 2 aromatic heterocycles. The van der Waals surface area contributed by atoms with Crippen LogP contribution in [0, 0.1) is 6.92 Å². The van der Waals surface area contributed by atoms with Gasteiger partial charge < -0.3 is 23.7 Å². The molecule has 35 heavy (non-hydrogen) atoms. The summed E-state index contributed by atoms with van der Waals surface area (Å²) in [4.78, 5) is 29.5. The van der Waals surface area contributed by atoms with Gasteiger partial charge in [-0.25, -0.2) is 4.98 Å². The van der Waals surface area contributed by atoms with Gasteiger partial charge in [-0.2, -0.15) is 0 Å². The van der Waals surface area contributed by atoms with E-state index in [-0.39, 0.29) is 17.7 Å². The number of aliphatic hydroxyl groups excluding tert-OH is 1. The Morgan fingerprint density at radius 3 is 2.51 bits per heavy atom. The molecule has 0 aliphatic carbocycles. The molecular formula is C26H36N4O5. The standard InChI is InChI=1S/C26H36N4O5/c1-15(2)35-26(33)23(18(5)31)27-12-19-8-9-21-22(11-19)30(17(4)14-34-7)24(28-21)20-10-16(3)25(32)29(6)13-20/h8-11,13,15,17-18,23,27,31H,12,14H2,1-7H3. The lowest BCUT2D eigenvalue weighted by molar-refractivity contribution is -0.152. The van der Waals surface area contributed by atoms with Crippen molar-refractivity contribution in [3.05, 3.63) is 51.9 Å². The molecule has 1 aromatic carbocycles. The summed E-state index contributed by atoms with van der Waals surface area (Å²) in [6, 6.07) is 6.89. The summed E-state index contributed by atoms with van der Waals surface area (Å²) in [7, 11) is 3.39. The number of ether oxygens (including phenoxy) is 2. The smallest absolute Gasteiger partial charge is 0.326 e. The highest BCUT2D eigenvalue weighted by atomic mass is 16.5. The number of methoxy groups -OCH3 is 1. The summed E-state index contributed by atoms with van der Waals surface area (Å²) in [5.41, 5.74) is 4.09. The Morgan fingerprint density at radius 1 is 1.20 bits per heavy atom. The summed E-state index contributed by atoms with van der Waals surface area (Å²) >= 11 is 0. The second kappa shape index (κ2) is 11.2. The predicted molar refractivity (Wildman–Crippen MR) is 135 cm³/mol. The first-order valence-corrected chi connectivity index (χ1v) is 11.8. The summed E-state index contributed by atoms with van der Waals surface area (Å²) in [5, 5.41) is 13.2. The van der Waals surface area contributed by atoms with Gasteiger partial charge in [-0.3, -0.25) is 14.9 Å². The van der Waals surface area contributed by atoms with Crippen LogP contribution in [0.25, 0.3) is 22.4 Å². The molecule has 9 heteroatoms. The number of nitrogens with one attached hydrogen (secondary N) is 1. The fourth-order valence-electron chi connectivity index (χ4n) is 4.20. The number of carbonyl (C=O) groups excluding carboxylic acids is 1. The van der Waals surface area contributed by atoms with Crippen molar-refractivity contribution >= 4 is 17.0 Å². The highest BCUT2D eigenvalue weighted by Gasteiger charge is 2.26. The molecule has 190 valence electrons. The first-order chi connectivity index (χ1) is 16.5. The summed E-state index contributed by atoms with van der Waals surface area (Å²) in [5.74, 6) is 0.262. The van der Waals surface area contributed by atoms with Gasteiger partial charge in [-0.05, 0) is 58.4 Å². The minimum absolute atomic E-state index is 0.0213. The van der Waals surface area contributed by atoms with E-state index in [2.05, 4.69) is 16.8 Å². The van der Waals surface area contributed by atoms with Gasteiger partial charge in [0.1, 0.15) is 11.9 Å². The number of hydrogen-bond donors (Lipinski definition) is 2. The number of esters is 1. The summed E-state index contributed by atoms with van der Waals surface area (Å²) in [6.07, 6.45) is 0.623. The third-order valence-corrected chi connectivity index (χ3v) is 5.84. The Kier molecular flexibility index (Phi) is 8.47. The maximum atomic E-state index is 12.4. The highest BCUT2D eigenvalue weighted by molar-refractivity contribution is 5.82. The predicted octanol–water partition coefficient (Wildman–Crippen LogP) is 2.71. The van der Waals surface area contributed by atoms with Crippen molar-refractivity contribution in [2.24, 2.45) is 7.05 Å². The molecule has 0 saturated heterocycles. The lowest BCUT2D eigenvalue weighted by Crippen LogP contribution is -2.46. The van der Waals surface area contributed by atoms with Gasteiger partial charge in [-0.15, -0.1) is 0 Å². The molecule has 0 aliphatic heterocycles. The average Bonchev–Trinajstić information content (AvgIpc) is 3.15. The highest BCUT2D eigenvalue weighted by Crippen LogP contribution is 2.29. The zero-order valence-corrected chi connectivity index (χ0v) is 21.5. The van der Waals surface area contributed by atoms with Crippen molar-refractivity contribution in [3.63, 3.8) is 0 Å². The van der Waals surface area contributed by atoms with Crippen LogP contribution < -0.4 is 10.9 Å². The van der Waals surface area contributed by atoms with Crippen molar-refractivity contribution < 1.29 is 19.4 Å². The maximum absolute atomic E-state index is 12.4. The lowest BCUT2D eigenvalue weighted by Gasteiger charge is -2.21. The van der Waals surface area contributed by atoms with Gasteiger partial charge in [0.25, 0.3) is 5.56 Å². The Labute approximate surface area is 205 Å². The molecule has 0 bridgehead atoms. The maximum Gasteiger partial charge on any atom is 0.326 e. The Balaban J connectivity index is 2.02. The molecule has 0 amide bonds. The van der Waals surface area contributed by atoms with Crippen LogP contribution >= 0.6 is 0 Å². The Morgan fingerprint density at radius 2 is 1.91 bits per heavy atom. The van der Waals surface area contributed by atoms with Crippen LogP contribution in [0.5, 0.6) is 0 Å². The largest absolute Gasteiger partial charge is 0.462 e. The van der Waals surface area contributed by atoms with Crippen LogP contribution in [0.2, 0.25) is 0 Å².